The number of rotatable bonds is 1. The first-order valence-electron chi connectivity index (χ1n) is 8.19. The van der Waals surface area contributed by atoms with Gasteiger partial charge in [-0.2, -0.15) is 0 Å². The molecule has 0 saturated carbocycles. The maximum absolute atomic E-state index is 13.1. The Kier molecular flexibility index (Phi) is 4.01. The first-order valence-corrected chi connectivity index (χ1v) is 8.57. The van der Waals surface area contributed by atoms with Crippen LogP contribution in [0.3, 0.4) is 0 Å². The molecule has 3 aromatic rings. The zero-order valence-electron chi connectivity index (χ0n) is 13.8. The molecule has 4 rings (SSSR count). The summed E-state index contributed by atoms with van der Waals surface area (Å²) in [4.78, 5) is 26.4. The second-order valence-corrected chi connectivity index (χ2v) is 6.48. The van der Waals surface area contributed by atoms with Gasteiger partial charge in [0.1, 0.15) is 0 Å². The Bertz CT molecular complexity index is 959. The van der Waals surface area contributed by atoms with Gasteiger partial charge in [-0.25, -0.2) is 9.97 Å². The highest BCUT2D eigenvalue weighted by Gasteiger charge is 2.28. The van der Waals surface area contributed by atoms with Crippen LogP contribution in [-0.4, -0.2) is 36.0 Å². The number of benzene rings is 2. The number of halogens is 1. The van der Waals surface area contributed by atoms with Crippen LogP contribution in [-0.2, 0) is 0 Å². The highest BCUT2D eigenvalue weighted by atomic mass is 35.5. The molecular weight excluding hydrogens is 336 g/mol. The fourth-order valence-electron chi connectivity index (χ4n) is 3.07. The maximum Gasteiger partial charge on any atom is 0.261 e. The zero-order valence-corrected chi connectivity index (χ0v) is 14.6. The molecule has 126 valence electrons. The zero-order chi connectivity index (χ0) is 17.4. The van der Waals surface area contributed by atoms with E-state index in [1.165, 1.54) is 0 Å². The molecule has 0 aliphatic carbocycles. The van der Waals surface area contributed by atoms with Crippen molar-refractivity contribution < 1.29 is 4.79 Å². The third kappa shape index (κ3) is 2.81. The van der Waals surface area contributed by atoms with Crippen molar-refractivity contribution >= 4 is 40.2 Å². The van der Waals surface area contributed by atoms with E-state index in [4.69, 9.17) is 21.6 Å². The number of nitrogens with zero attached hydrogens (tertiary/aromatic N) is 4. The highest BCUT2D eigenvalue weighted by molar-refractivity contribution is 6.34. The Hall–Kier alpha value is -2.66. The van der Waals surface area contributed by atoms with Crippen molar-refractivity contribution in [3.05, 3.63) is 59.1 Å². The predicted molar refractivity (Wildman–Crippen MR) is 101 cm³/mol. The highest BCUT2D eigenvalue weighted by Crippen LogP contribution is 2.31. The third-order valence-corrected chi connectivity index (χ3v) is 4.71. The van der Waals surface area contributed by atoms with Crippen molar-refractivity contribution in [2.75, 3.05) is 29.9 Å². The molecule has 1 aliphatic rings. The topological polar surface area (TPSA) is 49.3 Å². The Morgan fingerprint density at radius 2 is 1.60 bits per heavy atom. The van der Waals surface area contributed by atoms with E-state index in [-0.39, 0.29) is 5.91 Å². The van der Waals surface area contributed by atoms with Crippen molar-refractivity contribution in [3.8, 4) is 0 Å². The lowest BCUT2D eigenvalue weighted by molar-refractivity contribution is 0.0986. The number of fused-ring (bicyclic) bond motifs is 2. The first kappa shape index (κ1) is 15.8. The summed E-state index contributed by atoms with van der Waals surface area (Å²) in [5.41, 5.74) is 2.07. The molecule has 0 bridgehead atoms. The maximum atomic E-state index is 13.1. The van der Waals surface area contributed by atoms with Crippen molar-refractivity contribution in [2.45, 2.75) is 6.42 Å². The van der Waals surface area contributed by atoms with Gasteiger partial charge in [-0.05, 0) is 30.7 Å². The number of para-hydroxylation sites is 2. The van der Waals surface area contributed by atoms with Crippen molar-refractivity contribution in [1.82, 2.24) is 9.97 Å². The molecule has 0 saturated heterocycles. The second-order valence-electron chi connectivity index (χ2n) is 6.07. The second kappa shape index (κ2) is 6.33. The summed E-state index contributed by atoms with van der Waals surface area (Å²) >= 11 is 6.24. The van der Waals surface area contributed by atoms with Gasteiger partial charge in [0.15, 0.2) is 11.6 Å². The summed E-state index contributed by atoms with van der Waals surface area (Å²) in [6.45, 7) is 1.39. The molecule has 2 aromatic carbocycles. The molecule has 1 amide bonds. The Morgan fingerprint density at radius 1 is 0.960 bits per heavy atom. The van der Waals surface area contributed by atoms with Gasteiger partial charge in [0, 0.05) is 20.1 Å². The molecule has 0 spiro atoms. The van der Waals surface area contributed by atoms with E-state index in [2.05, 4.69) is 4.90 Å². The normalized spacial score (nSPS) is 14.3. The van der Waals surface area contributed by atoms with Gasteiger partial charge in [0.05, 0.1) is 21.6 Å². The van der Waals surface area contributed by atoms with E-state index in [9.17, 15) is 4.79 Å². The van der Waals surface area contributed by atoms with Crippen molar-refractivity contribution in [3.63, 3.8) is 0 Å². The fraction of sp³-hybridized carbons (Fsp3) is 0.211. The monoisotopic (exact) mass is 352 g/mol. The molecule has 1 aromatic heterocycles. The number of hydrogen-bond acceptors (Lipinski definition) is 4. The van der Waals surface area contributed by atoms with Crippen molar-refractivity contribution in [2.24, 2.45) is 0 Å². The Morgan fingerprint density at radius 3 is 2.32 bits per heavy atom. The molecule has 5 nitrogen and oxygen atoms in total. The summed E-state index contributed by atoms with van der Waals surface area (Å²) in [5.74, 6) is 1.16. The first-order chi connectivity index (χ1) is 12.1. The number of carbonyl (C=O) groups excluding carboxylic acids is 1. The van der Waals surface area contributed by atoms with E-state index in [1.54, 1.807) is 17.0 Å². The number of aromatic nitrogens is 2. The molecule has 6 heteroatoms. The number of carbonyl (C=O) groups is 1. The van der Waals surface area contributed by atoms with Crippen LogP contribution in [0.15, 0.2) is 48.5 Å². The van der Waals surface area contributed by atoms with Gasteiger partial charge in [0.2, 0.25) is 0 Å². The number of hydrogen-bond donors (Lipinski definition) is 0. The Labute approximate surface area is 150 Å². The lowest BCUT2D eigenvalue weighted by Crippen LogP contribution is -2.32. The molecule has 0 atom stereocenters. The van der Waals surface area contributed by atoms with Crippen LogP contribution in [0.25, 0.3) is 11.0 Å². The van der Waals surface area contributed by atoms with Crippen LogP contribution >= 0.6 is 11.6 Å². The van der Waals surface area contributed by atoms with Gasteiger partial charge in [-0.3, -0.25) is 9.69 Å². The predicted octanol–water partition coefficient (Wildman–Crippen LogP) is 3.77. The summed E-state index contributed by atoms with van der Waals surface area (Å²) in [6, 6.07) is 14.8. The SMILES string of the molecule is CN1CCCN(C(=O)c2ccccc2Cl)c2nc3ccccc3nc21. The molecular formula is C19H17ClN4O. The van der Waals surface area contributed by atoms with Crippen LogP contribution in [0.2, 0.25) is 5.02 Å². The average molecular weight is 353 g/mol. The van der Waals surface area contributed by atoms with Gasteiger partial charge in [0.25, 0.3) is 5.91 Å². The van der Waals surface area contributed by atoms with Crippen LogP contribution < -0.4 is 9.80 Å². The van der Waals surface area contributed by atoms with Gasteiger partial charge >= 0.3 is 0 Å². The van der Waals surface area contributed by atoms with Crippen molar-refractivity contribution in [1.29, 1.82) is 0 Å². The van der Waals surface area contributed by atoms with Gasteiger partial charge in [-0.15, -0.1) is 0 Å². The summed E-state index contributed by atoms with van der Waals surface area (Å²) < 4.78 is 0. The standard InChI is InChI=1S/C19H17ClN4O/c1-23-11-6-12-24(19(25)13-7-2-3-8-14(13)20)18-17(23)21-15-9-4-5-10-16(15)22-18/h2-5,7-10H,6,11-12H2,1H3. The van der Waals surface area contributed by atoms with E-state index in [0.717, 1.165) is 29.8 Å². The molecule has 1 aliphatic heterocycles. The third-order valence-electron chi connectivity index (χ3n) is 4.38. The smallest absolute Gasteiger partial charge is 0.261 e. The van der Waals surface area contributed by atoms with Crippen LogP contribution in [0.4, 0.5) is 11.6 Å². The largest absolute Gasteiger partial charge is 0.357 e. The minimum atomic E-state index is -0.147. The average Bonchev–Trinajstić information content (AvgIpc) is 2.79. The quantitative estimate of drug-likeness (QED) is 0.669. The van der Waals surface area contributed by atoms with E-state index < -0.39 is 0 Å². The Balaban J connectivity index is 1.87. The lowest BCUT2D eigenvalue weighted by atomic mass is 10.2. The fourth-order valence-corrected chi connectivity index (χ4v) is 3.29. The van der Waals surface area contributed by atoms with Crippen LogP contribution in [0, 0.1) is 0 Å². The molecule has 0 N–H and O–H groups in total. The summed E-state index contributed by atoms with van der Waals surface area (Å²) in [6.07, 6.45) is 0.834. The minimum Gasteiger partial charge on any atom is -0.357 e. The lowest BCUT2D eigenvalue weighted by Gasteiger charge is -2.23. The molecule has 0 radical (unpaired) electrons. The minimum absolute atomic E-state index is 0.147. The van der Waals surface area contributed by atoms with E-state index >= 15 is 0 Å². The van der Waals surface area contributed by atoms with E-state index in [0.29, 0.717) is 22.9 Å². The number of anilines is 2. The van der Waals surface area contributed by atoms with Crippen LogP contribution in [0.1, 0.15) is 16.8 Å². The molecule has 0 unspecified atom stereocenters. The van der Waals surface area contributed by atoms with E-state index in [1.807, 2.05) is 43.4 Å². The number of amides is 1. The summed E-state index contributed by atoms with van der Waals surface area (Å²) in [7, 11) is 1.98. The molecule has 0 fully saturated rings. The molecule has 2 heterocycles. The molecule has 25 heavy (non-hydrogen) atoms. The van der Waals surface area contributed by atoms with Gasteiger partial charge in [-0.1, -0.05) is 35.9 Å². The van der Waals surface area contributed by atoms with Crippen LogP contribution in [0.5, 0.6) is 0 Å². The summed E-state index contributed by atoms with van der Waals surface area (Å²) in [5, 5.41) is 0.445. The van der Waals surface area contributed by atoms with Gasteiger partial charge < -0.3 is 4.90 Å².